The van der Waals surface area contributed by atoms with Crippen molar-refractivity contribution in [2.24, 2.45) is 0 Å². The quantitative estimate of drug-likeness (QED) is 0.741. The molecular formula is C15H13F3N4. The van der Waals surface area contributed by atoms with E-state index in [-0.39, 0.29) is 0 Å². The van der Waals surface area contributed by atoms with Crippen LogP contribution in [0.5, 0.6) is 0 Å². The van der Waals surface area contributed by atoms with Crippen LogP contribution < -0.4 is 0 Å². The van der Waals surface area contributed by atoms with Gasteiger partial charge in [-0.2, -0.15) is 0 Å². The Kier molecular flexibility index (Phi) is 3.48. The minimum Gasteiger partial charge on any atom is -0.331 e. The van der Waals surface area contributed by atoms with Crippen molar-refractivity contribution in [3.05, 3.63) is 66.5 Å². The first-order valence-electron chi connectivity index (χ1n) is 6.60. The molecule has 114 valence electrons. The van der Waals surface area contributed by atoms with E-state index in [1.807, 2.05) is 4.57 Å². The zero-order valence-electron chi connectivity index (χ0n) is 11.7. The fourth-order valence-electron chi connectivity index (χ4n) is 2.16. The second-order valence-electron chi connectivity index (χ2n) is 5.06. The normalized spacial score (nSPS) is 11.8. The molecule has 7 heteroatoms. The van der Waals surface area contributed by atoms with Crippen molar-refractivity contribution >= 4 is 0 Å². The van der Waals surface area contributed by atoms with E-state index in [9.17, 15) is 13.2 Å². The standard InChI is InChI=1S/C15H13F3N4/c1-15(17,18)13-6-12(2-3-14(13)16)22-8-11(20-10-22)7-21-5-4-19-9-21/h2-6,8-10H,7H2,1H3. The first-order chi connectivity index (χ1) is 10.4. The number of hydrogen-bond acceptors (Lipinski definition) is 2. The molecule has 0 aliphatic heterocycles. The van der Waals surface area contributed by atoms with Crippen LogP contribution in [0, 0.1) is 5.82 Å². The Hall–Kier alpha value is -2.57. The smallest absolute Gasteiger partial charge is 0.273 e. The highest BCUT2D eigenvalue weighted by Crippen LogP contribution is 2.30. The Morgan fingerprint density at radius 3 is 2.73 bits per heavy atom. The van der Waals surface area contributed by atoms with Crippen molar-refractivity contribution in [3.8, 4) is 5.69 Å². The summed E-state index contributed by atoms with van der Waals surface area (Å²) in [4.78, 5) is 8.15. The number of hydrogen-bond donors (Lipinski definition) is 0. The largest absolute Gasteiger partial charge is 0.331 e. The predicted octanol–water partition coefficient (Wildman–Crippen LogP) is 3.37. The molecule has 0 atom stereocenters. The van der Waals surface area contributed by atoms with Gasteiger partial charge in [0.1, 0.15) is 5.82 Å². The molecule has 0 amide bonds. The van der Waals surface area contributed by atoms with Gasteiger partial charge >= 0.3 is 0 Å². The van der Waals surface area contributed by atoms with E-state index in [4.69, 9.17) is 0 Å². The molecule has 0 saturated heterocycles. The number of nitrogens with zero attached hydrogens (tertiary/aromatic N) is 4. The molecule has 0 fully saturated rings. The molecule has 3 rings (SSSR count). The minimum absolute atomic E-state index is 0.433. The topological polar surface area (TPSA) is 35.6 Å². The average Bonchev–Trinajstić information content (AvgIpc) is 3.10. The van der Waals surface area contributed by atoms with Gasteiger partial charge in [-0.15, -0.1) is 0 Å². The van der Waals surface area contributed by atoms with Crippen LogP contribution in [0.15, 0.2) is 49.4 Å². The fraction of sp³-hybridized carbons (Fsp3) is 0.200. The van der Waals surface area contributed by atoms with Gasteiger partial charge in [0.05, 0.1) is 30.5 Å². The maximum absolute atomic E-state index is 13.5. The summed E-state index contributed by atoms with van der Waals surface area (Å²) in [5.74, 6) is -4.16. The van der Waals surface area contributed by atoms with Crippen molar-refractivity contribution in [1.82, 2.24) is 19.1 Å². The van der Waals surface area contributed by atoms with Crippen molar-refractivity contribution in [3.63, 3.8) is 0 Å². The van der Waals surface area contributed by atoms with E-state index < -0.39 is 17.3 Å². The van der Waals surface area contributed by atoms with Crippen LogP contribution in [0.4, 0.5) is 13.2 Å². The van der Waals surface area contributed by atoms with E-state index in [0.717, 1.165) is 17.8 Å². The third-order valence-electron chi connectivity index (χ3n) is 3.26. The van der Waals surface area contributed by atoms with Crippen LogP contribution in [0.2, 0.25) is 0 Å². The third kappa shape index (κ3) is 2.88. The predicted molar refractivity (Wildman–Crippen MR) is 74.4 cm³/mol. The van der Waals surface area contributed by atoms with E-state index >= 15 is 0 Å². The highest BCUT2D eigenvalue weighted by molar-refractivity contribution is 5.38. The van der Waals surface area contributed by atoms with E-state index in [1.165, 1.54) is 12.4 Å². The summed E-state index contributed by atoms with van der Waals surface area (Å²) in [6.07, 6.45) is 8.34. The monoisotopic (exact) mass is 306 g/mol. The van der Waals surface area contributed by atoms with Crippen LogP contribution in [-0.4, -0.2) is 19.1 Å². The van der Waals surface area contributed by atoms with Gasteiger partial charge in [-0.05, 0) is 18.2 Å². The number of benzene rings is 1. The third-order valence-corrected chi connectivity index (χ3v) is 3.26. The van der Waals surface area contributed by atoms with Gasteiger partial charge in [0, 0.05) is 31.2 Å². The first-order valence-corrected chi connectivity index (χ1v) is 6.60. The average molecular weight is 306 g/mol. The van der Waals surface area contributed by atoms with Gasteiger partial charge in [-0.1, -0.05) is 0 Å². The molecule has 2 heterocycles. The van der Waals surface area contributed by atoms with Crippen LogP contribution in [-0.2, 0) is 12.5 Å². The van der Waals surface area contributed by atoms with Crippen molar-refractivity contribution < 1.29 is 13.2 Å². The Labute approximate surface area is 124 Å². The van der Waals surface area contributed by atoms with Gasteiger partial charge in [0.15, 0.2) is 0 Å². The summed E-state index contributed by atoms with van der Waals surface area (Å²) in [6.45, 7) is 1.19. The maximum atomic E-state index is 13.5. The molecule has 0 radical (unpaired) electrons. The number of alkyl halides is 2. The van der Waals surface area contributed by atoms with E-state index in [0.29, 0.717) is 19.2 Å². The van der Waals surface area contributed by atoms with Gasteiger partial charge in [0.25, 0.3) is 5.92 Å². The maximum Gasteiger partial charge on any atom is 0.273 e. The summed E-state index contributed by atoms with van der Waals surface area (Å²) in [7, 11) is 0. The number of halogens is 3. The zero-order chi connectivity index (χ0) is 15.7. The van der Waals surface area contributed by atoms with E-state index in [1.54, 1.807) is 29.5 Å². The second kappa shape index (κ2) is 5.32. The number of imidazole rings is 2. The van der Waals surface area contributed by atoms with Crippen LogP contribution in [0.1, 0.15) is 18.2 Å². The molecule has 0 bridgehead atoms. The Morgan fingerprint density at radius 2 is 2.05 bits per heavy atom. The Bertz CT molecular complexity index is 772. The van der Waals surface area contributed by atoms with Gasteiger partial charge in [0.2, 0.25) is 0 Å². The SMILES string of the molecule is CC(F)(F)c1cc(-n2cnc(Cn3ccnc3)c2)ccc1F. The van der Waals surface area contributed by atoms with Crippen molar-refractivity contribution in [2.45, 2.75) is 19.4 Å². The molecule has 0 aliphatic rings. The number of aromatic nitrogens is 4. The molecule has 0 aliphatic carbocycles. The Morgan fingerprint density at radius 1 is 1.23 bits per heavy atom. The molecule has 1 aromatic carbocycles. The lowest BCUT2D eigenvalue weighted by Gasteiger charge is -2.13. The van der Waals surface area contributed by atoms with Crippen LogP contribution >= 0.6 is 0 Å². The highest BCUT2D eigenvalue weighted by Gasteiger charge is 2.28. The van der Waals surface area contributed by atoms with E-state index in [2.05, 4.69) is 9.97 Å². The molecule has 0 N–H and O–H groups in total. The lowest BCUT2D eigenvalue weighted by atomic mass is 10.1. The highest BCUT2D eigenvalue weighted by atomic mass is 19.3. The molecule has 4 nitrogen and oxygen atoms in total. The summed E-state index contributed by atoms with van der Waals surface area (Å²) in [5, 5.41) is 0. The first kappa shape index (κ1) is 14.4. The molecule has 0 spiro atoms. The molecular weight excluding hydrogens is 293 g/mol. The van der Waals surface area contributed by atoms with Gasteiger partial charge in [-0.25, -0.2) is 23.1 Å². The minimum atomic E-state index is -3.24. The molecule has 0 unspecified atom stereocenters. The van der Waals surface area contributed by atoms with Crippen molar-refractivity contribution in [2.75, 3.05) is 0 Å². The lowest BCUT2D eigenvalue weighted by molar-refractivity contribution is 0.0137. The van der Waals surface area contributed by atoms with Crippen LogP contribution in [0.25, 0.3) is 5.69 Å². The summed E-state index contributed by atoms with van der Waals surface area (Å²) in [6, 6.07) is 3.61. The lowest BCUT2D eigenvalue weighted by Crippen LogP contribution is -2.10. The molecule has 22 heavy (non-hydrogen) atoms. The number of rotatable bonds is 4. The van der Waals surface area contributed by atoms with Gasteiger partial charge in [-0.3, -0.25) is 0 Å². The summed E-state index contributed by atoms with van der Waals surface area (Å²) < 4.78 is 43.7. The fourth-order valence-corrected chi connectivity index (χ4v) is 2.16. The summed E-state index contributed by atoms with van der Waals surface area (Å²) in [5.41, 5.74) is 0.546. The molecule has 2 aromatic heterocycles. The second-order valence-corrected chi connectivity index (χ2v) is 5.06. The zero-order valence-corrected chi connectivity index (χ0v) is 11.7. The van der Waals surface area contributed by atoms with Crippen molar-refractivity contribution in [1.29, 1.82) is 0 Å². The molecule has 0 saturated carbocycles. The Balaban J connectivity index is 1.90. The molecule has 3 aromatic rings. The van der Waals surface area contributed by atoms with Crippen LogP contribution in [0.3, 0.4) is 0 Å². The van der Waals surface area contributed by atoms with Gasteiger partial charge < -0.3 is 9.13 Å². The summed E-state index contributed by atoms with van der Waals surface area (Å²) >= 11 is 0.